The van der Waals surface area contributed by atoms with Crippen LogP contribution in [0.1, 0.15) is 74.0 Å². The molecule has 6 heteroatoms. The molecular weight excluding hydrogens is 412 g/mol. The molecule has 0 bridgehead atoms. The van der Waals surface area contributed by atoms with Gasteiger partial charge >= 0.3 is 6.03 Å². The van der Waals surface area contributed by atoms with Crippen molar-refractivity contribution in [2.75, 3.05) is 18.0 Å². The lowest BCUT2D eigenvalue weighted by molar-refractivity contribution is 0.0933. The highest BCUT2D eigenvalue weighted by Crippen LogP contribution is 2.31. The molecule has 176 valence electrons. The number of benzene rings is 2. The zero-order valence-corrected chi connectivity index (χ0v) is 20.0. The van der Waals surface area contributed by atoms with Crippen molar-refractivity contribution in [3.05, 3.63) is 65.2 Å². The van der Waals surface area contributed by atoms with Crippen LogP contribution in [0.5, 0.6) is 0 Å². The van der Waals surface area contributed by atoms with E-state index in [1.807, 2.05) is 45.0 Å². The van der Waals surface area contributed by atoms with Crippen molar-refractivity contribution in [3.63, 3.8) is 0 Å². The second-order valence-corrected chi connectivity index (χ2v) is 10.2. The third-order valence-electron chi connectivity index (χ3n) is 6.48. The van der Waals surface area contributed by atoms with Gasteiger partial charge in [-0.15, -0.1) is 0 Å². The van der Waals surface area contributed by atoms with Gasteiger partial charge in [0.2, 0.25) is 0 Å². The minimum absolute atomic E-state index is 0.0166. The van der Waals surface area contributed by atoms with Gasteiger partial charge in [-0.1, -0.05) is 36.4 Å². The molecule has 3 amide bonds. The number of para-hydroxylation sites is 1. The lowest BCUT2D eigenvalue weighted by atomic mass is 9.87. The molecule has 33 heavy (non-hydrogen) atoms. The van der Waals surface area contributed by atoms with Crippen molar-refractivity contribution in [2.45, 2.75) is 70.5 Å². The first kappa shape index (κ1) is 23.1. The predicted molar refractivity (Wildman–Crippen MR) is 133 cm³/mol. The van der Waals surface area contributed by atoms with Crippen molar-refractivity contribution >= 4 is 17.6 Å². The van der Waals surface area contributed by atoms with Crippen LogP contribution in [0, 0.1) is 0 Å². The number of carbonyl (C=O) groups excluding carboxylic acids is 2. The number of hydrogen-bond acceptors (Lipinski definition) is 3. The first-order valence-corrected chi connectivity index (χ1v) is 12.1. The molecule has 0 aromatic heterocycles. The molecule has 4 rings (SSSR count). The maximum atomic E-state index is 13.3. The number of fused-ring (bicyclic) bond motifs is 1. The molecule has 3 N–H and O–H groups in total. The topological polar surface area (TPSA) is 73.5 Å². The van der Waals surface area contributed by atoms with E-state index in [1.165, 1.54) is 11.1 Å². The summed E-state index contributed by atoms with van der Waals surface area (Å²) in [6.45, 7) is 7.53. The summed E-state index contributed by atoms with van der Waals surface area (Å²) in [7, 11) is 0. The molecule has 6 nitrogen and oxygen atoms in total. The highest BCUT2D eigenvalue weighted by Gasteiger charge is 2.27. The molecule has 1 aliphatic heterocycles. The van der Waals surface area contributed by atoms with E-state index in [-0.39, 0.29) is 29.6 Å². The summed E-state index contributed by atoms with van der Waals surface area (Å²) in [5.74, 6) is -0.0166. The molecule has 0 radical (unpaired) electrons. The predicted octanol–water partition coefficient (Wildman–Crippen LogP) is 4.56. The summed E-state index contributed by atoms with van der Waals surface area (Å²) in [5, 5.41) is 9.35. The number of hydrogen-bond donors (Lipinski definition) is 3. The van der Waals surface area contributed by atoms with Gasteiger partial charge in [0.1, 0.15) is 0 Å². The molecule has 0 unspecified atom stereocenters. The third kappa shape index (κ3) is 5.86. The fraction of sp³-hybridized carbons (Fsp3) is 0.481. The largest absolute Gasteiger partial charge is 0.371 e. The van der Waals surface area contributed by atoms with Gasteiger partial charge in [-0.05, 0) is 76.1 Å². The van der Waals surface area contributed by atoms with Gasteiger partial charge in [-0.2, -0.15) is 0 Å². The van der Waals surface area contributed by atoms with Crippen LogP contribution in [0.4, 0.5) is 10.5 Å². The first-order chi connectivity index (χ1) is 15.8. The Morgan fingerprint density at radius 3 is 2.36 bits per heavy atom. The number of urea groups is 1. The number of aryl methyl sites for hydroxylation is 1. The van der Waals surface area contributed by atoms with Gasteiger partial charge in [0.25, 0.3) is 5.91 Å². The minimum Gasteiger partial charge on any atom is -0.371 e. The molecule has 2 aromatic rings. The molecule has 1 fully saturated rings. The molecule has 1 aliphatic carbocycles. The van der Waals surface area contributed by atoms with Crippen LogP contribution in [0.2, 0.25) is 0 Å². The van der Waals surface area contributed by atoms with E-state index in [1.54, 1.807) is 0 Å². The lowest BCUT2D eigenvalue weighted by Crippen LogP contribution is -2.52. The Balaban J connectivity index is 1.39. The maximum absolute atomic E-state index is 13.3. The minimum atomic E-state index is -0.254. The van der Waals surface area contributed by atoms with E-state index in [0.717, 1.165) is 56.4 Å². The number of anilines is 1. The molecule has 2 aromatic carbocycles. The highest BCUT2D eigenvalue weighted by molar-refractivity contribution is 6.00. The van der Waals surface area contributed by atoms with Crippen molar-refractivity contribution in [1.82, 2.24) is 16.0 Å². The van der Waals surface area contributed by atoms with Crippen LogP contribution < -0.4 is 20.9 Å². The van der Waals surface area contributed by atoms with Gasteiger partial charge in [-0.25, -0.2) is 4.79 Å². The van der Waals surface area contributed by atoms with Crippen molar-refractivity contribution in [3.8, 4) is 0 Å². The Morgan fingerprint density at radius 2 is 1.61 bits per heavy atom. The van der Waals surface area contributed by atoms with Gasteiger partial charge in [0.15, 0.2) is 0 Å². The van der Waals surface area contributed by atoms with Gasteiger partial charge in [0, 0.05) is 30.4 Å². The average Bonchev–Trinajstić information content (AvgIpc) is 2.78. The fourth-order valence-electron chi connectivity index (χ4n) is 4.91. The van der Waals surface area contributed by atoms with Crippen molar-refractivity contribution in [1.29, 1.82) is 0 Å². The summed E-state index contributed by atoms with van der Waals surface area (Å²) >= 11 is 0. The zero-order chi connectivity index (χ0) is 23.4. The Labute approximate surface area is 197 Å². The summed E-state index contributed by atoms with van der Waals surface area (Å²) in [4.78, 5) is 27.8. The van der Waals surface area contributed by atoms with Crippen LogP contribution in [0.3, 0.4) is 0 Å². The van der Waals surface area contributed by atoms with E-state index in [0.29, 0.717) is 0 Å². The quantitative estimate of drug-likeness (QED) is 0.642. The monoisotopic (exact) mass is 448 g/mol. The highest BCUT2D eigenvalue weighted by atomic mass is 16.2. The van der Waals surface area contributed by atoms with Crippen molar-refractivity contribution < 1.29 is 9.59 Å². The van der Waals surface area contributed by atoms with Crippen LogP contribution in [-0.2, 0) is 6.42 Å². The molecule has 1 heterocycles. The number of nitrogens with one attached hydrogen (secondary N) is 3. The Morgan fingerprint density at radius 1 is 0.909 bits per heavy atom. The standard InChI is InChI=1S/C27H36N4O2/c1-27(2,3)30-26(33)28-20-15-17-31(18-16-20)24-14-7-6-12-22(24)25(32)29-23-13-8-10-19-9-4-5-11-21(19)23/h4-7,9,11-12,14,20,23H,8,10,13,15-18H2,1-3H3,(H,29,32)(H2,28,30,33)/t23-/m1/s1. The second-order valence-electron chi connectivity index (χ2n) is 10.2. The molecule has 1 saturated heterocycles. The average molecular weight is 449 g/mol. The molecule has 0 saturated carbocycles. The number of piperidine rings is 1. The molecule has 0 spiro atoms. The third-order valence-corrected chi connectivity index (χ3v) is 6.48. The summed E-state index contributed by atoms with van der Waals surface area (Å²) in [6.07, 6.45) is 4.84. The van der Waals surface area contributed by atoms with E-state index in [2.05, 4.69) is 45.1 Å². The number of nitrogens with zero attached hydrogens (tertiary/aromatic N) is 1. The first-order valence-electron chi connectivity index (χ1n) is 12.1. The number of carbonyl (C=O) groups is 2. The van der Waals surface area contributed by atoms with Crippen LogP contribution in [0.15, 0.2) is 48.5 Å². The van der Waals surface area contributed by atoms with Gasteiger partial charge in [0.05, 0.1) is 11.6 Å². The van der Waals surface area contributed by atoms with E-state index in [9.17, 15) is 9.59 Å². The van der Waals surface area contributed by atoms with E-state index in [4.69, 9.17) is 0 Å². The summed E-state index contributed by atoms with van der Waals surface area (Å²) < 4.78 is 0. The normalized spacial score (nSPS) is 18.9. The molecule has 2 aliphatic rings. The smallest absolute Gasteiger partial charge is 0.315 e. The number of rotatable bonds is 4. The Hall–Kier alpha value is -3.02. The Kier molecular flexibility index (Phi) is 6.91. The van der Waals surface area contributed by atoms with Crippen LogP contribution >= 0.6 is 0 Å². The Bertz CT molecular complexity index is 990. The van der Waals surface area contributed by atoms with Crippen molar-refractivity contribution in [2.24, 2.45) is 0 Å². The lowest BCUT2D eigenvalue weighted by Gasteiger charge is -2.35. The van der Waals surface area contributed by atoms with E-state index < -0.39 is 0 Å². The van der Waals surface area contributed by atoms with Gasteiger partial charge in [-0.3, -0.25) is 4.79 Å². The number of amides is 3. The molecular formula is C27H36N4O2. The zero-order valence-electron chi connectivity index (χ0n) is 20.0. The summed E-state index contributed by atoms with van der Waals surface area (Å²) in [5.41, 5.74) is 4.02. The summed E-state index contributed by atoms with van der Waals surface area (Å²) in [6, 6.07) is 16.4. The SMILES string of the molecule is CC(C)(C)NC(=O)NC1CCN(c2ccccc2C(=O)N[C@@H]2CCCc3ccccc32)CC1. The van der Waals surface area contributed by atoms with Gasteiger partial charge < -0.3 is 20.9 Å². The maximum Gasteiger partial charge on any atom is 0.315 e. The van der Waals surface area contributed by atoms with Crippen LogP contribution in [0.25, 0.3) is 0 Å². The van der Waals surface area contributed by atoms with E-state index >= 15 is 0 Å². The second kappa shape index (κ2) is 9.86. The van der Waals surface area contributed by atoms with Crippen LogP contribution in [-0.4, -0.2) is 36.6 Å². The fourth-order valence-corrected chi connectivity index (χ4v) is 4.91. The molecule has 1 atom stereocenters.